The zero-order valence-corrected chi connectivity index (χ0v) is 20.3. The van der Waals surface area contributed by atoms with Crippen molar-refractivity contribution in [1.29, 1.82) is 0 Å². The van der Waals surface area contributed by atoms with Crippen LogP contribution in [0.15, 0.2) is 64.5 Å². The first-order valence-electron chi connectivity index (χ1n) is 11.3. The number of nitrogens with zero attached hydrogens (tertiary/aromatic N) is 4. The predicted molar refractivity (Wildman–Crippen MR) is 132 cm³/mol. The minimum absolute atomic E-state index is 0.0554. The molecule has 174 valence electrons. The fourth-order valence-corrected chi connectivity index (χ4v) is 5.47. The highest BCUT2D eigenvalue weighted by molar-refractivity contribution is 7.99. The van der Waals surface area contributed by atoms with Gasteiger partial charge in [-0.05, 0) is 24.5 Å². The van der Waals surface area contributed by atoms with Crippen molar-refractivity contribution in [3.05, 3.63) is 81.6 Å². The minimum Gasteiger partial charge on any atom is -0.465 e. The highest BCUT2D eigenvalue weighted by atomic mass is 32.2. The molecule has 0 spiro atoms. The number of hydrogen-bond acceptors (Lipinski definition) is 6. The van der Waals surface area contributed by atoms with E-state index in [1.807, 2.05) is 52.9 Å². The zero-order valence-electron chi connectivity index (χ0n) is 19.4. The minimum atomic E-state index is -0.388. The molecule has 8 heteroatoms. The number of aromatic nitrogens is 4. The Bertz CT molecular complexity index is 1440. The normalized spacial score (nSPS) is 14.0. The van der Waals surface area contributed by atoms with Gasteiger partial charge in [-0.2, -0.15) is 0 Å². The first-order valence-corrected chi connectivity index (χ1v) is 12.3. The van der Waals surface area contributed by atoms with Crippen LogP contribution in [0.5, 0.6) is 0 Å². The van der Waals surface area contributed by atoms with Gasteiger partial charge in [0.2, 0.25) is 5.78 Å². The molecule has 0 unspecified atom stereocenters. The molecule has 2 heterocycles. The number of hydrogen-bond donors (Lipinski definition) is 0. The number of thioether (sulfide) groups is 1. The average molecular weight is 475 g/mol. The van der Waals surface area contributed by atoms with Crippen LogP contribution in [-0.2, 0) is 27.9 Å². The van der Waals surface area contributed by atoms with Crippen LogP contribution in [0, 0.1) is 0 Å². The van der Waals surface area contributed by atoms with Crippen molar-refractivity contribution < 1.29 is 9.53 Å². The van der Waals surface area contributed by atoms with Crippen LogP contribution in [0.1, 0.15) is 37.5 Å². The smallest absolute Gasteiger partial charge is 0.316 e. The fraction of sp³-hybridized carbons (Fsp3) is 0.308. The third-order valence-corrected chi connectivity index (χ3v) is 7.07. The van der Waals surface area contributed by atoms with Crippen molar-refractivity contribution in [1.82, 2.24) is 19.2 Å². The molecule has 4 aromatic rings. The van der Waals surface area contributed by atoms with Crippen molar-refractivity contribution in [2.75, 3.05) is 12.4 Å². The summed E-state index contributed by atoms with van der Waals surface area (Å²) < 4.78 is 8.75. The van der Waals surface area contributed by atoms with Gasteiger partial charge in [-0.3, -0.25) is 18.6 Å². The van der Waals surface area contributed by atoms with Crippen LogP contribution in [-0.4, -0.2) is 37.5 Å². The highest BCUT2D eigenvalue weighted by Gasteiger charge is 2.37. The topological polar surface area (TPSA) is 78.5 Å². The van der Waals surface area contributed by atoms with Crippen molar-refractivity contribution in [2.24, 2.45) is 0 Å². The molecule has 0 radical (unpaired) electrons. The second-order valence-corrected chi connectivity index (χ2v) is 9.97. The summed E-state index contributed by atoms with van der Waals surface area (Å²) in [6, 6.07) is 18.0. The lowest BCUT2D eigenvalue weighted by molar-refractivity contribution is -0.139. The van der Waals surface area contributed by atoms with Crippen LogP contribution in [0.4, 0.5) is 0 Å². The molecule has 0 aliphatic heterocycles. The van der Waals surface area contributed by atoms with Gasteiger partial charge in [0.05, 0.1) is 24.6 Å². The van der Waals surface area contributed by atoms with E-state index in [0.29, 0.717) is 24.1 Å². The van der Waals surface area contributed by atoms with Crippen LogP contribution in [0.25, 0.3) is 17.0 Å². The number of fused-ring (bicyclic) bond motifs is 5. The fourth-order valence-electron chi connectivity index (χ4n) is 4.73. The van der Waals surface area contributed by atoms with Gasteiger partial charge in [0.25, 0.3) is 5.56 Å². The maximum Gasteiger partial charge on any atom is 0.316 e. The molecule has 7 nitrogen and oxygen atoms in total. The number of rotatable bonds is 6. The predicted octanol–water partition coefficient (Wildman–Crippen LogP) is 4.10. The maximum atomic E-state index is 14.0. The molecule has 0 saturated heterocycles. The van der Waals surface area contributed by atoms with Crippen molar-refractivity contribution in [3.8, 4) is 11.3 Å². The van der Waals surface area contributed by atoms with E-state index in [0.717, 1.165) is 28.8 Å². The molecule has 1 aliphatic rings. The van der Waals surface area contributed by atoms with Gasteiger partial charge in [0, 0.05) is 16.5 Å². The van der Waals surface area contributed by atoms with Gasteiger partial charge in [-0.25, -0.2) is 0 Å². The molecule has 0 N–H and O–H groups in total. The number of carbonyl (C=O) groups excluding carboxylic acids is 1. The van der Waals surface area contributed by atoms with Gasteiger partial charge >= 0.3 is 5.97 Å². The van der Waals surface area contributed by atoms with Crippen molar-refractivity contribution >= 4 is 23.5 Å². The Hall–Kier alpha value is -3.39. The molecule has 34 heavy (non-hydrogen) atoms. The SMILES string of the molecule is CCOC(=O)CSc1nnc2n(Cc3ccccc3)c(=O)c3c(n12)-c1ccccc1CC3(C)C. The molecular weight excluding hydrogens is 448 g/mol. The van der Waals surface area contributed by atoms with Gasteiger partial charge < -0.3 is 4.74 Å². The van der Waals surface area contributed by atoms with E-state index in [-0.39, 0.29) is 22.7 Å². The number of benzene rings is 2. The summed E-state index contributed by atoms with van der Waals surface area (Å²) >= 11 is 1.27. The molecule has 5 rings (SSSR count). The van der Waals surface area contributed by atoms with Crippen molar-refractivity contribution in [2.45, 2.75) is 44.3 Å². The lowest BCUT2D eigenvalue weighted by atomic mass is 9.72. The van der Waals surface area contributed by atoms with Crippen LogP contribution in [0.3, 0.4) is 0 Å². The summed E-state index contributed by atoms with van der Waals surface area (Å²) in [7, 11) is 0. The molecule has 0 fully saturated rings. The Balaban J connectivity index is 1.78. The maximum absolute atomic E-state index is 14.0. The second kappa shape index (κ2) is 8.76. The summed E-state index contributed by atoms with van der Waals surface area (Å²) in [5, 5.41) is 9.40. The molecule has 0 bridgehead atoms. The highest BCUT2D eigenvalue weighted by Crippen LogP contribution is 2.42. The summed E-state index contributed by atoms with van der Waals surface area (Å²) in [5.74, 6) is 0.273. The van der Waals surface area contributed by atoms with Crippen LogP contribution >= 0.6 is 11.8 Å². The Morgan fingerprint density at radius 1 is 1.09 bits per heavy atom. The lowest BCUT2D eigenvalue weighted by Gasteiger charge is -2.34. The Labute approximate surface area is 201 Å². The van der Waals surface area contributed by atoms with E-state index in [9.17, 15) is 9.59 Å². The van der Waals surface area contributed by atoms with Crippen LogP contribution in [0.2, 0.25) is 0 Å². The third-order valence-electron chi connectivity index (χ3n) is 6.17. The monoisotopic (exact) mass is 474 g/mol. The van der Waals surface area contributed by atoms with E-state index in [4.69, 9.17) is 4.74 Å². The van der Waals surface area contributed by atoms with E-state index in [2.05, 4.69) is 30.1 Å². The molecule has 2 aromatic heterocycles. The standard InChI is InChI=1S/C26H26N4O3S/c1-4-33-20(31)16-34-25-28-27-24-29(15-17-10-6-5-7-11-17)23(32)21-22(30(24)25)19-13-9-8-12-18(19)14-26(21,2)3/h5-13H,4,14-16H2,1-3H3. The second-order valence-electron chi connectivity index (χ2n) is 9.03. The number of esters is 1. The first-order chi connectivity index (χ1) is 16.4. The van der Waals surface area contributed by atoms with Gasteiger partial charge in [0.15, 0.2) is 5.16 Å². The van der Waals surface area contributed by atoms with Gasteiger partial charge in [-0.15, -0.1) is 10.2 Å². The Morgan fingerprint density at radius 2 is 1.82 bits per heavy atom. The summed E-state index contributed by atoms with van der Waals surface area (Å²) in [6.07, 6.45) is 0.760. The lowest BCUT2D eigenvalue weighted by Crippen LogP contribution is -2.39. The molecule has 0 amide bonds. The first kappa shape index (κ1) is 22.4. The molecular formula is C26H26N4O3S. The van der Waals surface area contributed by atoms with E-state index in [1.54, 1.807) is 11.5 Å². The number of ether oxygens (including phenoxy) is 1. The molecule has 1 aliphatic carbocycles. The Morgan fingerprint density at radius 3 is 2.59 bits per heavy atom. The molecule has 0 saturated carbocycles. The Kier molecular flexibility index (Phi) is 5.77. The van der Waals surface area contributed by atoms with E-state index in [1.165, 1.54) is 17.3 Å². The quantitative estimate of drug-likeness (QED) is 0.309. The largest absolute Gasteiger partial charge is 0.465 e. The van der Waals surface area contributed by atoms with Crippen molar-refractivity contribution in [3.63, 3.8) is 0 Å². The van der Waals surface area contributed by atoms with E-state index < -0.39 is 0 Å². The van der Waals surface area contributed by atoms with E-state index >= 15 is 0 Å². The zero-order chi connectivity index (χ0) is 23.9. The third kappa shape index (κ3) is 3.81. The summed E-state index contributed by atoms with van der Waals surface area (Å²) in [4.78, 5) is 26.1. The van der Waals surface area contributed by atoms with Gasteiger partial charge in [-0.1, -0.05) is 80.2 Å². The average Bonchev–Trinajstić information content (AvgIpc) is 3.24. The summed E-state index contributed by atoms with van der Waals surface area (Å²) in [5.41, 5.74) is 4.30. The molecule has 0 atom stereocenters. The van der Waals surface area contributed by atoms with Crippen LogP contribution < -0.4 is 5.56 Å². The van der Waals surface area contributed by atoms with Gasteiger partial charge in [0.1, 0.15) is 0 Å². The molecule has 2 aromatic carbocycles. The summed E-state index contributed by atoms with van der Waals surface area (Å²) in [6.45, 7) is 6.71. The number of carbonyl (C=O) groups is 1.